The Morgan fingerprint density at radius 2 is 1.93 bits per heavy atom. The zero-order chi connectivity index (χ0) is 20.4. The minimum absolute atomic E-state index is 0.0877. The lowest BCUT2D eigenvalue weighted by atomic mass is 9.95. The highest BCUT2D eigenvalue weighted by Crippen LogP contribution is 2.29. The molecule has 0 fully saturated rings. The van der Waals surface area contributed by atoms with Gasteiger partial charge in [-0.15, -0.1) is 0 Å². The summed E-state index contributed by atoms with van der Waals surface area (Å²) in [6, 6.07) is 15.4. The average Bonchev–Trinajstić information content (AvgIpc) is 2.72. The predicted molar refractivity (Wildman–Crippen MR) is 117 cm³/mol. The number of fused-ring (bicyclic) bond motifs is 2. The molecule has 0 atom stereocenters. The summed E-state index contributed by atoms with van der Waals surface area (Å²) in [4.78, 5) is 20.6. The Bertz CT molecular complexity index is 1030. The molecule has 1 amide bonds. The standard InChI is InChI=1S/C24H27N3O2/c1-4-27-14-13-22-20(15-27)23(19-7-5-6-8-21(19)26-22)24(28)25-17-9-11-18(12-10-17)29-16(2)3/h5-12,16H,4,13-15H2,1-3H3,(H,25,28). The molecule has 0 saturated heterocycles. The molecule has 5 nitrogen and oxygen atoms in total. The van der Waals surface area contributed by atoms with Gasteiger partial charge in [-0.3, -0.25) is 14.7 Å². The quantitative estimate of drug-likeness (QED) is 0.690. The van der Waals surface area contributed by atoms with Crippen molar-refractivity contribution in [3.05, 3.63) is 65.4 Å². The summed E-state index contributed by atoms with van der Waals surface area (Å²) in [6.07, 6.45) is 0.988. The van der Waals surface area contributed by atoms with Gasteiger partial charge in [0.05, 0.1) is 17.2 Å². The van der Waals surface area contributed by atoms with Gasteiger partial charge in [0, 0.05) is 41.8 Å². The van der Waals surface area contributed by atoms with E-state index in [1.807, 2.05) is 62.4 Å². The van der Waals surface area contributed by atoms with Crippen LogP contribution < -0.4 is 10.1 Å². The monoisotopic (exact) mass is 389 g/mol. The zero-order valence-electron chi connectivity index (χ0n) is 17.2. The Balaban J connectivity index is 1.69. The molecule has 3 aromatic rings. The van der Waals surface area contributed by atoms with Crippen molar-refractivity contribution in [2.75, 3.05) is 18.4 Å². The molecule has 1 aliphatic rings. The Labute approximate surface area is 171 Å². The van der Waals surface area contributed by atoms with Crippen LogP contribution in [0.2, 0.25) is 0 Å². The number of nitrogens with zero attached hydrogens (tertiary/aromatic N) is 2. The number of nitrogens with one attached hydrogen (secondary N) is 1. The van der Waals surface area contributed by atoms with E-state index in [1.54, 1.807) is 0 Å². The number of pyridine rings is 1. The summed E-state index contributed by atoms with van der Waals surface area (Å²) in [5.41, 5.74) is 4.46. The first-order valence-electron chi connectivity index (χ1n) is 10.3. The summed E-state index contributed by atoms with van der Waals surface area (Å²) >= 11 is 0. The Hall–Kier alpha value is -2.92. The van der Waals surface area contributed by atoms with Gasteiger partial charge in [-0.05, 0) is 50.7 Å². The zero-order valence-corrected chi connectivity index (χ0v) is 17.2. The number of likely N-dealkylation sites (N-methyl/N-ethyl adjacent to an activating group) is 1. The van der Waals surface area contributed by atoms with Gasteiger partial charge in [0.2, 0.25) is 0 Å². The van der Waals surface area contributed by atoms with Crippen molar-refractivity contribution in [3.8, 4) is 5.75 Å². The Morgan fingerprint density at radius 3 is 2.66 bits per heavy atom. The van der Waals surface area contributed by atoms with E-state index in [4.69, 9.17) is 9.72 Å². The molecule has 1 aromatic heterocycles. The predicted octanol–water partition coefficient (Wildman–Crippen LogP) is 4.65. The first kappa shape index (κ1) is 19.4. The van der Waals surface area contributed by atoms with E-state index in [9.17, 15) is 4.79 Å². The lowest BCUT2D eigenvalue weighted by molar-refractivity contribution is 0.102. The second-order valence-electron chi connectivity index (χ2n) is 7.69. The molecule has 4 rings (SSSR count). The van der Waals surface area contributed by atoms with Gasteiger partial charge in [-0.1, -0.05) is 25.1 Å². The van der Waals surface area contributed by atoms with Crippen LogP contribution in [-0.2, 0) is 13.0 Å². The van der Waals surface area contributed by atoms with Crippen LogP contribution in [-0.4, -0.2) is 35.0 Å². The Kier molecular flexibility index (Phi) is 5.49. The number of hydrogen-bond acceptors (Lipinski definition) is 4. The third-order valence-electron chi connectivity index (χ3n) is 5.28. The largest absolute Gasteiger partial charge is 0.491 e. The van der Waals surface area contributed by atoms with Gasteiger partial charge in [-0.2, -0.15) is 0 Å². The summed E-state index contributed by atoms with van der Waals surface area (Å²) in [5, 5.41) is 3.98. The van der Waals surface area contributed by atoms with E-state index in [1.165, 1.54) is 0 Å². The lowest BCUT2D eigenvalue weighted by Gasteiger charge is -2.29. The van der Waals surface area contributed by atoms with Crippen molar-refractivity contribution in [2.45, 2.75) is 39.8 Å². The second-order valence-corrected chi connectivity index (χ2v) is 7.69. The van der Waals surface area contributed by atoms with Gasteiger partial charge in [0.15, 0.2) is 0 Å². The van der Waals surface area contributed by atoms with Crippen molar-refractivity contribution >= 4 is 22.5 Å². The molecule has 0 bridgehead atoms. The molecule has 2 heterocycles. The first-order valence-corrected chi connectivity index (χ1v) is 10.3. The van der Waals surface area contributed by atoms with E-state index in [0.717, 1.165) is 65.2 Å². The third kappa shape index (κ3) is 4.10. The molecule has 0 unspecified atom stereocenters. The highest BCUT2D eigenvalue weighted by atomic mass is 16.5. The number of anilines is 1. The van der Waals surface area contributed by atoms with E-state index >= 15 is 0 Å². The number of benzene rings is 2. The summed E-state index contributed by atoms with van der Waals surface area (Å²) < 4.78 is 5.69. The maximum Gasteiger partial charge on any atom is 0.256 e. The average molecular weight is 389 g/mol. The van der Waals surface area contributed by atoms with Gasteiger partial charge in [-0.25, -0.2) is 0 Å². The summed E-state index contributed by atoms with van der Waals surface area (Å²) in [6.45, 7) is 8.84. The molecule has 0 aliphatic carbocycles. The fourth-order valence-electron chi connectivity index (χ4n) is 3.86. The molecule has 150 valence electrons. The molecular formula is C24H27N3O2. The summed E-state index contributed by atoms with van der Waals surface area (Å²) in [7, 11) is 0. The molecule has 0 radical (unpaired) electrons. The number of amides is 1. The van der Waals surface area contributed by atoms with Crippen LogP contribution >= 0.6 is 0 Å². The molecule has 29 heavy (non-hydrogen) atoms. The van der Waals surface area contributed by atoms with Crippen molar-refractivity contribution in [2.24, 2.45) is 0 Å². The molecule has 0 saturated carbocycles. The van der Waals surface area contributed by atoms with Crippen LogP contribution in [0.5, 0.6) is 5.75 Å². The number of ether oxygens (including phenoxy) is 1. The molecule has 5 heteroatoms. The van der Waals surface area contributed by atoms with Crippen molar-refractivity contribution < 1.29 is 9.53 Å². The minimum atomic E-state index is -0.0877. The highest BCUT2D eigenvalue weighted by Gasteiger charge is 2.25. The molecule has 2 aromatic carbocycles. The molecule has 1 aliphatic heterocycles. The van der Waals surface area contributed by atoms with Crippen LogP contribution in [0.1, 0.15) is 42.4 Å². The third-order valence-corrected chi connectivity index (χ3v) is 5.28. The number of carbonyl (C=O) groups is 1. The van der Waals surface area contributed by atoms with Crippen molar-refractivity contribution in [1.29, 1.82) is 0 Å². The second kappa shape index (κ2) is 8.21. The number of hydrogen-bond donors (Lipinski definition) is 1. The van der Waals surface area contributed by atoms with Crippen molar-refractivity contribution in [1.82, 2.24) is 9.88 Å². The van der Waals surface area contributed by atoms with Crippen molar-refractivity contribution in [3.63, 3.8) is 0 Å². The fraction of sp³-hybridized carbons (Fsp3) is 0.333. The van der Waals surface area contributed by atoms with Crippen LogP contribution in [0.3, 0.4) is 0 Å². The van der Waals surface area contributed by atoms with E-state index < -0.39 is 0 Å². The van der Waals surface area contributed by atoms with Gasteiger partial charge in [0.1, 0.15) is 5.75 Å². The van der Waals surface area contributed by atoms with Crippen LogP contribution in [0.25, 0.3) is 10.9 Å². The van der Waals surface area contributed by atoms with Gasteiger partial charge in [0.25, 0.3) is 5.91 Å². The normalized spacial score (nSPS) is 14.1. The van der Waals surface area contributed by atoms with Crippen LogP contribution in [0, 0.1) is 0 Å². The summed E-state index contributed by atoms with van der Waals surface area (Å²) in [5.74, 6) is 0.707. The SMILES string of the molecule is CCN1CCc2nc3ccccc3c(C(=O)Nc3ccc(OC(C)C)cc3)c2C1. The topological polar surface area (TPSA) is 54.5 Å². The number of aromatic nitrogens is 1. The van der Waals surface area contributed by atoms with Crippen LogP contribution in [0.4, 0.5) is 5.69 Å². The van der Waals surface area contributed by atoms with Crippen LogP contribution in [0.15, 0.2) is 48.5 Å². The van der Waals surface area contributed by atoms with E-state index in [0.29, 0.717) is 0 Å². The van der Waals surface area contributed by atoms with Gasteiger partial charge >= 0.3 is 0 Å². The first-order chi connectivity index (χ1) is 14.0. The molecule has 1 N–H and O–H groups in total. The Morgan fingerprint density at radius 1 is 1.17 bits per heavy atom. The van der Waals surface area contributed by atoms with Gasteiger partial charge < -0.3 is 10.1 Å². The maximum atomic E-state index is 13.4. The highest BCUT2D eigenvalue weighted by molar-refractivity contribution is 6.13. The number of rotatable bonds is 5. The van der Waals surface area contributed by atoms with E-state index in [-0.39, 0.29) is 12.0 Å². The fourth-order valence-corrected chi connectivity index (χ4v) is 3.86. The minimum Gasteiger partial charge on any atom is -0.491 e. The number of para-hydroxylation sites is 1. The molecular weight excluding hydrogens is 362 g/mol. The molecule has 0 spiro atoms. The maximum absolute atomic E-state index is 13.4. The smallest absolute Gasteiger partial charge is 0.256 e. The van der Waals surface area contributed by atoms with E-state index in [2.05, 4.69) is 17.1 Å². The number of carbonyl (C=O) groups excluding carboxylic acids is 1. The lowest BCUT2D eigenvalue weighted by Crippen LogP contribution is -2.33.